The molecule has 1 unspecified atom stereocenters. The lowest BCUT2D eigenvalue weighted by Gasteiger charge is -2.24. The molecule has 134 valence electrons. The van der Waals surface area contributed by atoms with Gasteiger partial charge >= 0.3 is 0 Å². The number of rotatable bonds is 5. The van der Waals surface area contributed by atoms with E-state index in [9.17, 15) is 19.1 Å². The number of carbonyl (C=O) groups is 2. The Bertz CT molecular complexity index is 850. The first-order chi connectivity index (χ1) is 12.5. The monoisotopic (exact) mass is 356 g/mol. The summed E-state index contributed by atoms with van der Waals surface area (Å²) in [6, 6.07) is 7.66. The number of carbonyl (C=O) groups excluding carboxylic acids is 2. The first-order valence-electron chi connectivity index (χ1n) is 7.97. The van der Waals surface area contributed by atoms with E-state index >= 15 is 0 Å². The van der Waals surface area contributed by atoms with Gasteiger partial charge in [0.05, 0.1) is 18.2 Å². The molecule has 1 N–H and O–H groups in total. The van der Waals surface area contributed by atoms with Crippen LogP contribution in [0.1, 0.15) is 17.2 Å². The molecule has 0 aliphatic carbocycles. The van der Waals surface area contributed by atoms with E-state index in [1.165, 1.54) is 36.3 Å². The fourth-order valence-electron chi connectivity index (χ4n) is 2.96. The van der Waals surface area contributed by atoms with E-state index in [0.29, 0.717) is 5.56 Å². The second-order valence-corrected chi connectivity index (χ2v) is 5.77. The Balaban J connectivity index is 2.14. The molecule has 1 atom stereocenters. The number of methoxy groups -OCH3 is 1. The van der Waals surface area contributed by atoms with Crippen LogP contribution in [0.5, 0.6) is 0 Å². The molecular formula is C19H17FN2O4. The molecule has 1 aromatic heterocycles. The van der Waals surface area contributed by atoms with Gasteiger partial charge in [-0.3, -0.25) is 14.6 Å². The van der Waals surface area contributed by atoms with Gasteiger partial charge in [0, 0.05) is 31.6 Å². The molecular weight excluding hydrogens is 339 g/mol. The lowest BCUT2D eigenvalue weighted by Crippen LogP contribution is -2.32. The lowest BCUT2D eigenvalue weighted by molar-refractivity contribution is -0.140. The van der Waals surface area contributed by atoms with Crippen LogP contribution in [0.3, 0.4) is 0 Å². The molecule has 2 heterocycles. The molecule has 0 spiro atoms. The van der Waals surface area contributed by atoms with Crippen LogP contribution in [0.25, 0.3) is 5.76 Å². The second kappa shape index (κ2) is 7.45. The van der Waals surface area contributed by atoms with Gasteiger partial charge in [-0.2, -0.15) is 0 Å². The van der Waals surface area contributed by atoms with Crippen molar-refractivity contribution in [2.24, 2.45) is 0 Å². The summed E-state index contributed by atoms with van der Waals surface area (Å²) < 4.78 is 18.2. The summed E-state index contributed by atoms with van der Waals surface area (Å²) in [5.41, 5.74) is 0.859. The molecule has 7 heteroatoms. The van der Waals surface area contributed by atoms with Crippen LogP contribution in [0.15, 0.2) is 54.4 Å². The number of amides is 1. The van der Waals surface area contributed by atoms with Crippen molar-refractivity contribution in [2.75, 3.05) is 20.3 Å². The Labute approximate surface area is 149 Å². The van der Waals surface area contributed by atoms with Crippen LogP contribution in [0.2, 0.25) is 0 Å². The van der Waals surface area contributed by atoms with Gasteiger partial charge in [0.25, 0.3) is 11.7 Å². The zero-order chi connectivity index (χ0) is 18.7. The van der Waals surface area contributed by atoms with Crippen LogP contribution >= 0.6 is 0 Å². The average molecular weight is 356 g/mol. The standard InChI is InChI=1S/C19H17FN2O4/c1-26-11-10-22-16(12-6-8-21-9-7-12)15(18(24)19(22)25)17(23)13-2-4-14(20)5-3-13/h2-9,16,23H,10-11H2,1H3/b17-15-. The molecule has 26 heavy (non-hydrogen) atoms. The summed E-state index contributed by atoms with van der Waals surface area (Å²) in [5, 5.41) is 10.7. The number of ether oxygens (including phenoxy) is 1. The maximum absolute atomic E-state index is 13.2. The van der Waals surface area contributed by atoms with Crippen molar-refractivity contribution in [1.82, 2.24) is 9.88 Å². The van der Waals surface area contributed by atoms with Crippen molar-refractivity contribution in [2.45, 2.75) is 6.04 Å². The molecule has 0 bridgehead atoms. The molecule has 1 aliphatic rings. The predicted octanol–water partition coefficient (Wildman–Crippen LogP) is 2.29. The number of pyridine rings is 1. The van der Waals surface area contributed by atoms with Gasteiger partial charge in [-0.1, -0.05) is 0 Å². The largest absolute Gasteiger partial charge is 0.507 e. The molecule has 1 fully saturated rings. The number of aliphatic hydroxyl groups is 1. The van der Waals surface area contributed by atoms with Crippen molar-refractivity contribution >= 4 is 17.4 Å². The number of hydrogen-bond acceptors (Lipinski definition) is 5. The van der Waals surface area contributed by atoms with E-state index in [2.05, 4.69) is 4.98 Å². The number of halogens is 1. The van der Waals surface area contributed by atoms with Crippen LogP contribution in [0.4, 0.5) is 4.39 Å². The van der Waals surface area contributed by atoms with Crippen LogP contribution < -0.4 is 0 Å². The summed E-state index contributed by atoms with van der Waals surface area (Å²) in [5.74, 6) is -2.31. The summed E-state index contributed by atoms with van der Waals surface area (Å²) in [4.78, 5) is 30.4. The molecule has 1 saturated heterocycles. The molecule has 1 amide bonds. The number of aliphatic hydroxyl groups excluding tert-OH is 1. The van der Waals surface area contributed by atoms with Crippen molar-refractivity contribution in [3.8, 4) is 0 Å². The van der Waals surface area contributed by atoms with Crippen molar-refractivity contribution in [3.05, 3.63) is 71.3 Å². The Hall–Kier alpha value is -3.06. The van der Waals surface area contributed by atoms with Gasteiger partial charge in [0.1, 0.15) is 11.6 Å². The number of aromatic nitrogens is 1. The van der Waals surface area contributed by atoms with E-state index < -0.39 is 23.5 Å². The highest BCUT2D eigenvalue weighted by atomic mass is 19.1. The van der Waals surface area contributed by atoms with Crippen molar-refractivity contribution < 1.29 is 23.8 Å². The summed E-state index contributed by atoms with van der Waals surface area (Å²) >= 11 is 0. The number of nitrogens with zero attached hydrogens (tertiary/aromatic N) is 2. The van der Waals surface area contributed by atoms with E-state index in [1.807, 2.05) is 0 Å². The first-order valence-corrected chi connectivity index (χ1v) is 7.97. The van der Waals surface area contributed by atoms with E-state index in [4.69, 9.17) is 4.74 Å². The molecule has 3 rings (SSSR count). The third-order valence-electron chi connectivity index (χ3n) is 4.22. The zero-order valence-corrected chi connectivity index (χ0v) is 14.1. The minimum atomic E-state index is -0.787. The Morgan fingerprint density at radius 3 is 2.46 bits per heavy atom. The highest BCUT2D eigenvalue weighted by Gasteiger charge is 2.45. The summed E-state index contributed by atoms with van der Waals surface area (Å²) in [6.07, 6.45) is 3.09. The third-order valence-corrected chi connectivity index (χ3v) is 4.22. The minimum Gasteiger partial charge on any atom is -0.507 e. The normalized spacial score (nSPS) is 19.2. The topological polar surface area (TPSA) is 79.7 Å². The fraction of sp³-hybridized carbons (Fsp3) is 0.211. The quantitative estimate of drug-likeness (QED) is 0.505. The highest BCUT2D eigenvalue weighted by Crippen LogP contribution is 2.38. The van der Waals surface area contributed by atoms with Gasteiger partial charge in [-0.25, -0.2) is 4.39 Å². The molecule has 0 radical (unpaired) electrons. The van der Waals surface area contributed by atoms with Crippen molar-refractivity contribution in [1.29, 1.82) is 0 Å². The van der Waals surface area contributed by atoms with Crippen LogP contribution in [-0.2, 0) is 14.3 Å². The van der Waals surface area contributed by atoms with Gasteiger partial charge in [-0.15, -0.1) is 0 Å². The van der Waals surface area contributed by atoms with E-state index in [-0.39, 0.29) is 30.0 Å². The maximum atomic E-state index is 13.2. The van der Waals surface area contributed by atoms with Gasteiger partial charge in [0.2, 0.25) is 0 Å². The Kier molecular flexibility index (Phi) is 5.09. The van der Waals surface area contributed by atoms with E-state index in [1.54, 1.807) is 24.5 Å². The third kappa shape index (κ3) is 3.21. The van der Waals surface area contributed by atoms with Gasteiger partial charge in [0.15, 0.2) is 0 Å². The molecule has 0 saturated carbocycles. The number of benzene rings is 1. The summed E-state index contributed by atoms with van der Waals surface area (Å²) in [6.45, 7) is 0.430. The van der Waals surface area contributed by atoms with Crippen LogP contribution in [-0.4, -0.2) is 46.9 Å². The molecule has 1 aromatic carbocycles. The van der Waals surface area contributed by atoms with Gasteiger partial charge < -0.3 is 14.7 Å². The first kappa shape index (κ1) is 17.8. The second-order valence-electron chi connectivity index (χ2n) is 5.77. The highest BCUT2D eigenvalue weighted by molar-refractivity contribution is 6.46. The van der Waals surface area contributed by atoms with Crippen molar-refractivity contribution in [3.63, 3.8) is 0 Å². The minimum absolute atomic E-state index is 0.0380. The molecule has 6 nitrogen and oxygen atoms in total. The summed E-state index contributed by atoms with van der Waals surface area (Å²) in [7, 11) is 1.50. The Morgan fingerprint density at radius 2 is 1.85 bits per heavy atom. The average Bonchev–Trinajstić information content (AvgIpc) is 2.91. The smallest absolute Gasteiger partial charge is 0.295 e. The predicted molar refractivity (Wildman–Crippen MR) is 91.5 cm³/mol. The number of hydrogen-bond donors (Lipinski definition) is 1. The fourth-order valence-corrected chi connectivity index (χ4v) is 2.96. The number of ketones is 1. The maximum Gasteiger partial charge on any atom is 0.295 e. The van der Waals surface area contributed by atoms with Gasteiger partial charge in [-0.05, 0) is 42.0 Å². The zero-order valence-electron chi connectivity index (χ0n) is 14.1. The lowest BCUT2D eigenvalue weighted by atomic mass is 9.96. The molecule has 1 aliphatic heterocycles. The SMILES string of the molecule is COCCN1C(=O)C(=O)/C(=C(\O)c2ccc(F)cc2)C1c1ccncc1. The number of likely N-dealkylation sites (tertiary alicyclic amines) is 1. The number of Topliss-reactive ketones (excluding diaryl/α,β-unsaturated/α-hetero) is 1. The molecule has 2 aromatic rings. The Morgan fingerprint density at radius 1 is 1.19 bits per heavy atom. The van der Waals surface area contributed by atoms with Crippen LogP contribution in [0, 0.1) is 5.82 Å². The van der Waals surface area contributed by atoms with E-state index in [0.717, 1.165) is 0 Å².